The molecule has 4 aromatic rings. The Kier molecular flexibility index (Phi) is 5.70. The molecule has 1 fully saturated rings. The van der Waals surface area contributed by atoms with Crippen LogP contribution in [0.2, 0.25) is 0 Å². The van der Waals surface area contributed by atoms with Gasteiger partial charge in [-0.3, -0.25) is 0 Å². The van der Waals surface area contributed by atoms with E-state index in [1.807, 2.05) is 12.1 Å². The Balaban J connectivity index is 1.43. The Hall–Kier alpha value is -3.12. The van der Waals surface area contributed by atoms with Crippen LogP contribution < -0.4 is 14.5 Å². The summed E-state index contributed by atoms with van der Waals surface area (Å²) in [6.07, 6.45) is 1.70. The summed E-state index contributed by atoms with van der Waals surface area (Å²) in [5.74, 6) is 2.50. The molecule has 5 nitrogen and oxygen atoms in total. The lowest BCUT2D eigenvalue weighted by Crippen LogP contribution is -2.47. The predicted molar refractivity (Wildman–Crippen MR) is 134 cm³/mol. The van der Waals surface area contributed by atoms with Gasteiger partial charge in [0, 0.05) is 37.1 Å². The molecule has 6 heteroatoms. The van der Waals surface area contributed by atoms with Crippen LogP contribution in [0.15, 0.2) is 60.2 Å². The molecule has 0 atom stereocenters. The zero-order valence-electron chi connectivity index (χ0n) is 18.8. The SMILES string of the molecule is COc1ccccc1N1CCN(c2ncnc3scc(-c4ccc(C(C)C)cc4)c23)CC1. The average Bonchev–Trinajstić information content (AvgIpc) is 3.28. The zero-order chi connectivity index (χ0) is 22.1. The zero-order valence-corrected chi connectivity index (χ0v) is 19.6. The molecule has 0 saturated carbocycles. The van der Waals surface area contributed by atoms with Gasteiger partial charge in [-0.15, -0.1) is 11.3 Å². The molecular weight excluding hydrogens is 416 g/mol. The van der Waals surface area contributed by atoms with Gasteiger partial charge < -0.3 is 14.5 Å². The number of hydrogen-bond donors (Lipinski definition) is 0. The Morgan fingerprint density at radius 1 is 0.906 bits per heavy atom. The molecule has 0 radical (unpaired) electrons. The number of methoxy groups -OCH3 is 1. The Bertz CT molecular complexity index is 1210. The number of thiophene rings is 1. The average molecular weight is 445 g/mol. The van der Waals surface area contributed by atoms with Crippen molar-refractivity contribution in [1.29, 1.82) is 0 Å². The number of ether oxygens (including phenoxy) is 1. The van der Waals surface area contributed by atoms with E-state index in [0.717, 1.165) is 48.3 Å². The summed E-state index contributed by atoms with van der Waals surface area (Å²) in [5.41, 5.74) is 4.97. The van der Waals surface area contributed by atoms with Crippen molar-refractivity contribution >= 4 is 33.1 Å². The van der Waals surface area contributed by atoms with Crippen LogP contribution in [0.25, 0.3) is 21.3 Å². The van der Waals surface area contributed by atoms with Gasteiger partial charge in [0.2, 0.25) is 0 Å². The fraction of sp³-hybridized carbons (Fsp3) is 0.308. The van der Waals surface area contributed by atoms with Gasteiger partial charge in [0.05, 0.1) is 18.2 Å². The molecule has 0 spiro atoms. The lowest BCUT2D eigenvalue weighted by Gasteiger charge is -2.37. The number of piperazine rings is 1. The Labute approximate surface area is 193 Å². The minimum absolute atomic E-state index is 0.529. The minimum Gasteiger partial charge on any atom is -0.495 e. The van der Waals surface area contributed by atoms with Crippen LogP contribution in [-0.2, 0) is 0 Å². The van der Waals surface area contributed by atoms with E-state index in [1.165, 1.54) is 22.1 Å². The number of fused-ring (bicyclic) bond motifs is 1. The highest BCUT2D eigenvalue weighted by molar-refractivity contribution is 7.17. The van der Waals surface area contributed by atoms with Gasteiger partial charge in [-0.05, 0) is 29.2 Å². The van der Waals surface area contributed by atoms with Gasteiger partial charge in [-0.25, -0.2) is 9.97 Å². The van der Waals surface area contributed by atoms with Crippen molar-refractivity contribution in [3.63, 3.8) is 0 Å². The van der Waals surface area contributed by atoms with Crippen LogP contribution in [0.1, 0.15) is 25.3 Å². The molecule has 164 valence electrons. The lowest BCUT2D eigenvalue weighted by molar-refractivity contribution is 0.413. The number of para-hydroxylation sites is 2. The lowest BCUT2D eigenvalue weighted by atomic mass is 9.99. The molecule has 3 heterocycles. The second-order valence-corrected chi connectivity index (χ2v) is 9.31. The maximum absolute atomic E-state index is 5.57. The molecule has 1 aliphatic heterocycles. The van der Waals surface area contributed by atoms with Gasteiger partial charge in [0.15, 0.2) is 0 Å². The van der Waals surface area contributed by atoms with Crippen molar-refractivity contribution in [3.05, 3.63) is 65.8 Å². The van der Waals surface area contributed by atoms with E-state index in [-0.39, 0.29) is 0 Å². The predicted octanol–water partition coefficient (Wildman–Crippen LogP) is 5.82. The highest BCUT2D eigenvalue weighted by Gasteiger charge is 2.23. The quantitative estimate of drug-likeness (QED) is 0.388. The third-order valence-corrected chi connectivity index (χ3v) is 7.13. The molecular formula is C26H28N4OS. The molecule has 0 bridgehead atoms. The Morgan fingerprint density at radius 2 is 1.62 bits per heavy atom. The second-order valence-electron chi connectivity index (χ2n) is 8.45. The fourth-order valence-corrected chi connectivity index (χ4v) is 5.32. The third kappa shape index (κ3) is 3.79. The van der Waals surface area contributed by atoms with E-state index < -0.39 is 0 Å². The first-order valence-corrected chi connectivity index (χ1v) is 12.0. The highest BCUT2D eigenvalue weighted by atomic mass is 32.1. The molecule has 32 heavy (non-hydrogen) atoms. The normalized spacial score (nSPS) is 14.4. The van der Waals surface area contributed by atoms with E-state index in [2.05, 4.69) is 70.4 Å². The monoisotopic (exact) mass is 444 g/mol. The summed E-state index contributed by atoms with van der Waals surface area (Å²) in [4.78, 5) is 15.2. The molecule has 2 aromatic carbocycles. The van der Waals surface area contributed by atoms with Crippen molar-refractivity contribution in [2.24, 2.45) is 0 Å². The second kappa shape index (κ2) is 8.79. The number of nitrogens with zero attached hydrogens (tertiary/aromatic N) is 4. The minimum atomic E-state index is 0.529. The van der Waals surface area contributed by atoms with Gasteiger partial charge in [-0.2, -0.15) is 0 Å². The van der Waals surface area contributed by atoms with E-state index in [0.29, 0.717) is 5.92 Å². The van der Waals surface area contributed by atoms with Crippen molar-refractivity contribution < 1.29 is 4.74 Å². The number of aromatic nitrogens is 2. The van der Waals surface area contributed by atoms with Gasteiger partial charge >= 0.3 is 0 Å². The number of hydrogen-bond acceptors (Lipinski definition) is 6. The van der Waals surface area contributed by atoms with Crippen LogP contribution in [-0.4, -0.2) is 43.3 Å². The van der Waals surface area contributed by atoms with Crippen molar-refractivity contribution in [2.45, 2.75) is 19.8 Å². The summed E-state index contributed by atoms with van der Waals surface area (Å²) in [7, 11) is 1.73. The van der Waals surface area contributed by atoms with Crippen LogP contribution >= 0.6 is 11.3 Å². The summed E-state index contributed by atoms with van der Waals surface area (Å²) in [5, 5.41) is 3.39. The van der Waals surface area contributed by atoms with Crippen molar-refractivity contribution in [2.75, 3.05) is 43.1 Å². The molecule has 0 amide bonds. The van der Waals surface area contributed by atoms with E-state index >= 15 is 0 Å². The molecule has 1 aliphatic rings. The first-order chi connectivity index (χ1) is 15.7. The molecule has 0 aliphatic carbocycles. The first-order valence-electron chi connectivity index (χ1n) is 11.1. The number of rotatable bonds is 5. The van der Waals surface area contributed by atoms with Crippen LogP contribution in [0.4, 0.5) is 11.5 Å². The summed E-state index contributed by atoms with van der Waals surface area (Å²) in [6.45, 7) is 8.12. The Morgan fingerprint density at radius 3 is 2.34 bits per heavy atom. The fourth-order valence-electron chi connectivity index (χ4n) is 4.41. The van der Waals surface area contributed by atoms with Crippen LogP contribution in [0.5, 0.6) is 5.75 Å². The summed E-state index contributed by atoms with van der Waals surface area (Å²) >= 11 is 1.70. The third-order valence-electron chi connectivity index (χ3n) is 6.24. The van der Waals surface area contributed by atoms with Gasteiger partial charge in [0.25, 0.3) is 0 Å². The van der Waals surface area contributed by atoms with E-state index in [4.69, 9.17) is 9.72 Å². The topological polar surface area (TPSA) is 41.5 Å². The number of benzene rings is 2. The summed E-state index contributed by atoms with van der Waals surface area (Å²) < 4.78 is 5.57. The van der Waals surface area contributed by atoms with E-state index in [9.17, 15) is 0 Å². The summed E-state index contributed by atoms with van der Waals surface area (Å²) in [6, 6.07) is 17.2. The largest absolute Gasteiger partial charge is 0.495 e. The first kappa shape index (κ1) is 20.8. The van der Waals surface area contributed by atoms with Gasteiger partial charge in [0.1, 0.15) is 22.7 Å². The molecule has 0 unspecified atom stereocenters. The highest BCUT2D eigenvalue weighted by Crippen LogP contribution is 2.39. The van der Waals surface area contributed by atoms with Crippen molar-refractivity contribution in [1.82, 2.24) is 9.97 Å². The van der Waals surface area contributed by atoms with Crippen molar-refractivity contribution in [3.8, 4) is 16.9 Å². The van der Waals surface area contributed by atoms with Gasteiger partial charge in [-0.1, -0.05) is 50.2 Å². The van der Waals surface area contributed by atoms with Crippen LogP contribution in [0, 0.1) is 0 Å². The molecule has 1 saturated heterocycles. The van der Waals surface area contributed by atoms with E-state index in [1.54, 1.807) is 24.8 Å². The standard InChI is InChI=1S/C26H28N4OS/c1-18(2)19-8-10-20(11-9-19)21-16-32-26-24(21)25(27-17-28-26)30-14-12-29(13-15-30)22-6-4-5-7-23(22)31-3/h4-11,16-18H,12-15H2,1-3H3. The molecule has 0 N–H and O–H groups in total. The maximum atomic E-state index is 5.57. The maximum Gasteiger partial charge on any atom is 0.142 e. The molecule has 2 aromatic heterocycles. The van der Waals surface area contributed by atoms with Crippen LogP contribution in [0.3, 0.4) is 0 Å². The smallest absolute Gasteiger partial charge is 0.142 e. The number of anilines is 2. The molecule has 5 rings (SSSR count).